The van der Waals surface area contributed by atoms with Crippen LogP contribution in [0.4, 0.5) is 5.95 Å². The van der Waals surface area contributed by atoms with Crippen molar-refractivity contribution < 1.29 is 0 Å². The van der Waals surface area contributed by atoms with Crippen LogP contribution in [0.5, 0.6) is 0 Å². The van der Waals surface area contributed by atoms with Crippen LogP contribution in [0.3, 0.4) is 0 Å². The zero-order valence-electron chi connectivity index (χ0n) is 12.2. The first-order valence-electron chi connectivity index (χ1n) is 6.56. The highest BCUT2D eigenvalue weighted by Gasteiger charge is 2.14. The Morgan fingerprint density at radius 1 is 1.20 bits per heavy atom. The van der Waals surface area contributed by atoms with Gasteiger partial charge in [-0.15, -0.1) is 0 Å². The second-order valence-electron chi connectivity index (χ2n) is 4.54. The lowest BCUT2D eigenvalue weighted by molar-refractivity contribution is 0.683. The molecule has 0 aliphatic rings. The Kier molecular flexibility index (Phi) is 4.14. The summed E-state index contributed by atoms with van der Waals surface area (Å²) in [5.74, 6) is 0.917. The van der Waals surface area contributed by atoms with Crippen molar-refractivity contribution in [2.75, 3.05) is 12.5 Å². The van der Waals surface area contributed by atoms with Gasteiger partial charge in [-0.05, 0) is 31.9 Å². The number of hydrogen-bond acceptors (Lipinski definition) is 5. The average molecular weight is 273 g/mol. The molecule has 2 rings (SSSR count). The van der Waals surface area contributed by atoms with Gasteiger partial charge in [0.15, 0.2) is 0 Å². The molecule has 6 heteroatoms. The van der Waals surface area contributed by atoms with Gasteiger partial charge in [0.25, 0.3) is 0 Å². The summed E-state index contributed by atoms with van der Waals surface area (Å²) in [4.78, 5) is 20.5. The van der Waals surface area contributed by atoms with Crippen LogP contribution in [-0.4, -0.2) is 21.6 Å². The number of anilines is 1. The van der Waals surface area contributed by atoms with E-state index in [9.17, 15) is 4.79 Å². The Balaban J connectivity index is 2.74. The van der Waals surface area contributed by atoms with Crippen molar-refractivity contribution in [3.63, 3.8) is 0 Å². The summed E-state index contributed by atoms with van der Waals surface area (Å²) < 4.78 is 1.58. The average Bonchev–Trinajstić information content (AvgIpc) is 2.38. The molecule has 0 saturated carbocycles. The van der Waals surface area contributed by atoms with E-state index in [-0.39, 0.29) is 11.6 Å². The Hall–Kier alpha value is -2.21. The molecule has 2 aromatic rings. The number of hydrazine groups is 1. The Labute approximate surface area is 117 Å². The van der Waals surface area contributed by atoms with Gasteiger partial charge in [-0.1, -0.05) is 18.2 Å². The first kappa shape index (κ1) is 14.2. The highest BCUT2D eigenvalue weighted by molar-refractivity contribution is 5.65. The Bertz CT molecular complexity index is 657. The minimum Gasteiger partial charge on any atom is -0.290 e. The number of nitrogens with one attached hydrogen (secondary N) is 2. The lowest BCUT2D eigenvalue weighted by Crippen LogP contribution is -2.29. The van der Waals surface area contributed by atoms with Crippen LogP contribution in [0.25, 0.3) is 11.4 Å². The van der Waals surface area contributed by atoms with Gasteiger partial charge < -0.3 is 0 Å². The highest BCUT2D eigenvalue weighted by atomic mass is 16.1. The number of aromatic nitrogens is 3. The monoisotopic (exact) mass is 273 g/mol. The number of nitrogens with zero attached hydrogens (tertiary/aromatic N) is 3. The third-order valence-electron chi connectivity index (χ3n) is 3.16. The van der Waals surface area contributed by atoms with Crippen molar-refractivity contribution in [1.29, 1.82) is 0 Å². The zero-order valence-corrected chi connectivity index (χ0v) is 12.2. The van der Waals surface area contributed by atoms with Crippen LogP contribution in [0, 0.1) is 13.8 Å². The normalized spacial score (nSPS) is 10.6. The van der Waals surface area contributed by atoms with Gasteiger partial charge >= 0.3 is 5.69 Å². The van der Waals surface area contributed by atoms with Gasteiger partial charge in [-0.25, -0.2) is 10.2 Å². The van der Waals surface area contributed by atoms with Gasteiger partial charge in [0.1, 0.15) is 5.82 Å². The smallest absolute Gasteiger partial charge is 0.290 e. The van der Waals surface area contributed by atoms with Crippen LogP contribution in [-0.2, 0) is 6.54 Å². The van der Waals surface area contributed by atoms with E-state index in [0.717, 1.165) is 16.7 Å². The van der Waals surface area contributed by atoms with Crippen LogP contribution < -0.4 is 16.5 Å². The minimum atomic E-state index is -0.307. The van der Waals surface area contributed by atoms with E-state index >= 15 is 0 Å². The number of hydrogen-bond donors (Lipinski definition) is 2. The molecule has 0 atom stereocenters. The quantitative estimate of drug-likeness (QED) is 0.826. The second-order valence-corrected chi connectivity index (χ2v) is 4.54. The third-order valence-corrected chi connectivity index (χ3v) is 3.16. The second kappa shape index (κ2) is 5.83. The summed E-state index contributed by atoms with van der Waals surface area (Å²) in [5, 5.41) is 0. The Morgan fingerprint density at radius 2 is 1.85 bits per heavy atom. The molecule has 1 heterocycles. The van der Waals surface area contributed by atoms with E-state index in [2.05, 4.69) is 20.8 Å². The highest BCUT2D eigenvalue weighted by Crippen LogP contribution is 2.25. The van der Waals surface area contributed by atoms with Gasteiger partial charge in [-0.2, -0.15) is 9.97 Å². The number of rotatable bonds is 4. The fourth-order valence-corrected chi connectivity index (χ4v) is 2.24. The first-order chi connectivity index (χ1) is 9.58. The van der Waals surface area contributed by atoms with Crippen molar-refractivity contribution in [3.8, 4) is 11.4 Å². The van der Waals surface area contributed by atoms with Crippen molar-refractivity contribution in [2.24, 2.45) is 0 Å². The van der Waals surface area contributed by atoms with Gasteiger partial charge in [-0.3, -0.25) is 9.99 Å². The number of benzene rings is 1. The molecule has 0 fully saturated rings. The van der Waals surface area contributed by atoms with Crippen LogP contribution in [0.1, 0.15) is 18.1 Å². The topological polar surface area (TPSA) is 71.8 Å². The molecule has 0 spiro atoms. The SMILES string of the molecule is CCn1c(-c2c(C)cccc2C)nc(NNC)nc1=O. The molecular formula is C14H19N5O. The van der Waals surface area contributed by atoms with E-state index in [1.54, 1.807) is 11.6 Å². The minimum absolute atomic E-state index is 0.278. The van der Waals surface area contributed by atoms with E-state index in [1.807, 2.05) is 39.0 Å². The van der Waals surface area contributed by atoms with E-state index in [4.69, 9.17) is 0 Å². The predicted octanol–water partition coefficient (Wildman–Crippen LogP) is 1.49. The molecule has 0 saturated heterocycles. The molecule has 106 valence electrons. The third kappa shape index (κ3) is 2.55. The van der Waals surface area contributed by atoms with Crippen LogP contribution in [0.2, 0.25) is 0 Å². The summed E-state index contributed by atoms with van der Waals surface area (Å²) in [6.07, 6.45) is 0. The summed E-state index contributed by atoms with van der Waals surface area (Å²) in [6.45, 7) is 6.47. The fraction of sp³-hybridized carbons (Fsp3) is 0.357. The molecule has 1 aromatic carbocycles. The lowest BCUT2D eigenvalue weighted by Gasteiger charge is -2.15. The maximum absolute atomic E-state index is 12.1. The summed E-state index contributed by atoms with van der Waals surface area (Å²) in [7, 11) is 1.70. The predicted molar refractivity (Wildman–Crippen MR) is 79.6 cm³/mol. The summed E-state index contributed by atoms with van der Waals surface area (Å²) in [6, 6.07) is 6.02. The van der Waals surface area contributed by atoms with Gasteiger partial charge in [0.2, 0.25) is 5.95 Å². The number of aryl methyl sites for hydroxylation is 2. The molecule has 20 heavy (non-hydrogen) atoms. The zero-order chi connectivity index (χ0) is 14.7. The van der Waals surface area contributed by atoms with Crippen molar-refractivity contribution in [1.82, 2.24) is 20.0 Å². The molecule has 0 aliphatic heterocycles. The van der Waals surface area contributed by atoms with Crippen LogP contribution in [0.15, 0.2) is 23.0 Å². The molecule has 2 N–H and O–H groups in total. The van der Waals surface area contributed by atoms with E-state index in [1.165, 1.54) is 0 Å². The molecule has 0 unspecified atom stereocenters. The molecule has 0 radical (unpaired) electrons. The molecule has 0 aliphatic carbocycles. The van der Waals surface area contributed by atoms with E-state index in [0.29, 0.717) is 12.4 Å². The van der Waals surface area contributed by atoms with E-state index < -0.39 is 0 Å². The summed E-state index contributed by atoms with van der Waals surface area (Å²) in [5.41, 5.74) is 8.34. The molecule has 1 aromatic heterocycles. The van der Waals surface area contributed by atoms with Gasteiger partial charge in [0.05, 0.1) is 0 Å². The molecular weight excluding hydrogens is 254 g/mol. The maximum Gasteiger partial charge on any atom is 0.352 e. The van der Waals surface area contributed by atoms with Gasteiger partial charge in [0, 0.05) is 19.2 Å². The fourth-order valence-electron chi connectivity index (χ4n) is 2.24. The Morgan fingerprint density at radius 3 is 2.40 bits per heavy atom. The van der Waals surface area contributed by atoms with Crippen molar-refractivity contribution in [2.45, 2.75) is 27.3 Å². The molecule has 0 amide bonds. The van der Waals surface area contributed by atoms with Crippen molar-refractivity contribution >= 4 is 5.95 Å². The molecule has 0 bridgehead atoms. The first-order valence-corrected chi connectivity index (χ1v) is 6.56. The summed E-state index contributed by atoms with van der Waals surface area (Å²) >= 11 is 0. The maximum atomic E-state index is 12.1. The van der Waals surface area contributed by atoms with Crippen LogP contribution >= 0.6 is 0 Å². The standard InChI is InChI=1S/C14H19N5O/c1-5-19-12(11-9(2)7-6-8-10(11)3)16-13(18-15-4)17-14(19)20/h6-8,15H,5H2,1-4H3,(H,17,18,20). The largest absolute Gasteiger partial charge is 0.352 e. The molecule has 6 nitrogen and oxygen atoms in total. The van der Waals surface area contributed by atoms with Crippen molar-refractivity contribution in [3.05, 3.63) is 39.8 Å². The lowest BCUT2D eigenvalue weighted by atomic mass is 10.0.